The second-order valence-corrected chi connectivity index (χ2v) is 4.25. The van der Waals surface area contributed by atoms with Gasteiger partial charge in [0.2, 0.25) is 0 Å². The fraction of sp³-hybridized carbons (Fsp3) is 0.889. The Kier molecular flexibility index (Phi) is 2.35. The smallest absolute Gasteiger partial charge is 0.0224 e. The first kappa shape index (κ1) is 8.06. The molecule has 1 atom stereocenters. The average Bonchev–Trinajstić information content (AvgIpc) is 1.88. The summed E-state index contributed by atoms with van der Waals surface area (Å²) in [5.74, 6) is 0.883. The van der Waals surface area contributed by atoms with Crippen LogP contribution in [-0.4, -0.2) is 6.54 Å². The lowest BCUT2D eigenvalue weighted by Crippen LogP contribution is -2.31. The van der Waals surface area contributed by atoms with Crippen molar-refractivity contribution in [2.45, 2.75) is 33.6 Å². The molecule has 1 saturated heterocycles. The summed E-state index contributed by atoms with van der Waals surface area (Å²) in [5.41, 5.74) is 0.499. The minimum absolute atomic E-state index is 0.499. The van der Waals surface area contributed by atoms with Gasteiger partial charge in [0, 0.05) is 6.54 Å². The Hall–Kier alpha value is -0.0400. The first-order valence-electron chi connectivity index (χ1n) is 4.16. The van der Waals surface area contributed by atoms with Gasteiger partial charge in [-0.1, -0.05) is 20.8 Å². The third kappa shape index (κ3) is 1.98. The normalized spacial score (nSPS) is 23.1. The molecule has 59 valence electrons. The molecule has 0 aromatic carbocycles. The van der Waals surface area contributed by atoms with Crippen molar-refractivity contribution in [2.24, 2.45) is 11.3 Å². The Balaban J connectivity index is 2.39. The molecule has 0 saturated carbocycles. The summed E-state index contributed by atoms with van der Waals surface area (Å²) in [7, 11) is 0. The molecule has 0 aliphatic carbocycles. The van der Waals surface area contributed by atoms with Gasteiger partial charge in [0.1, 0.15) is 0 Å². The minimum Gasteiger partial charge on any atom is -0.312 e. The van der Waals surface area contributed by atoms with Crippen LogP contribution in [0.3, 0.4) is 0 Å². The van der Waals surface area contributed by atoms with Crippen LogP contribution in [0.5, 0.6) is 0 Å². The Morgan fingerprint density at radius 3 is 2.40 bits per heavy atom. The maximum Gasteiger partial charge on any atom is 0.0224 e. The summed E-state index contributed by atoms with van der Waals surface area (Å²) in [6.45, 7) is 10.4. The molecule has 0 amide bonds. The van der Waals surface area contributed by atoms with E-state index in [1.54, 1.807) is 0 Å². The van der Waals surface area contributed by atoms with Gasteiger partial charge in [-0.3, -0.25) is 0 Å². The van der Waals surface area contributed by atoms with E-state index in [1.807, 2.05) is 0 Å². The largest absolute Gasteiger partial charge is 0.312 e. The second-order valence-electron chi connectivity index (χ2n) is 4.25. The third-order valence-electron chi connectivity index (χ3n) is 2.41. The molecule has 0 bridgehead atoms. The van der Waals surface area contributed by atoms with Gasteiger partial charge in [0.25, 0.3) is 0 Å². The first-order chi connectivity index (χ1) is 4.61. The van der Waals surface area contributed by atoms with Crippen LogP contribution < -0.4 is 5.32 Å². The monoisotopic (exact) mass is 140 g/mol. The topological polar surface area (TPSA) is 12.0 Å². The van der Waals surface area contributed by atoms with Crippen LogP contribution in [0.1, 0.15) is 33.6 Å². The van der Waals surface area contributed by atoms with Crippen LogP contribution in [0.2, 0.25) is 0 Å². The number of piperidine rings is 1. The van der Waals surface area contributed by atoms with Crippen molar-refractivity contribution in [2.75, 3.05) is 6.54 Å². The standard InChI is InChI=1S/C9H18N/c1-9(2,3)8-4-6-10-7-5-8/h6,8,10H,4-5,7H2,1-3H3. The summed E-state index contributed by atoms with van der Waals surface area (Å²) in [4.78, 5) is 0. The summed E-state index contributed by atoms with van der Waals surface area (Å²) >= 11 is 0. The Labute approximate surface area is 64.2 Å². The van der Waals surface area contributed by atoms with Gasteiger partial charge in [0.05, 0.1) is 0 Å². The molecular weight excluding hydrogens is 122 g/mol. The van der Waals surface area contributed by atoms with Crippen LogP contribution in [-0.2, 0) is 0 Å². The van der Waals surface area contributed by atoms with Crippen LogP contribution in [0.15, 0.2) is 0 Å². The van der Waals surface area contributed by atoms with Crippen LogP contribution in [0.25, 0.3) is 0 Å². The fourth-order valence-corrected chi connectivity index (χ4v) is 1.49. The van der Waals surface area contributed by atoms with Crippen molar-refractivity contribution >= 4 is 0 Å². The Bertz CT molecular complexity index is 95.8. The zero-order valence-corrected chi connectivity index (χ0v) is 7.28. The molecule has 0 spiro atoms. The Morgan fingerprint density at radius 2 is 2.10 bits per heavy atom. The van der Waals surface area contributed by atoms with E-state index in [9.17, 15) is 0 Å². The van der Waals surface area contributed by atoms with E-state index in [4.69, 9.17) is 0 Å². The second kappa shape index (κ2) is 2.91. The van der Waals surface area contributed by atoms with Gasteiger partial charge in [-0.25, -0.2) is 0 Å². The molecule has 1 N–H and O–H groups in total. The molecular formula is C9H18N. The molecule has 1 rings (SSSR count). The summed E-state index contributed by atoms with van der Waals surface area (Å²) in [6.07, 6.45) is 2.57. The zero-order valence-electron chi connectivity index (χ0n) is 7.28. The van der Waals surface area contributed by atoms with E-state index in [2.05, 4.69) is 32.6 Å². The highest BCUT2D eigenvalue weighted by Crippen LogP contribution is 2.32. The quantitative estimate of drug-likeness (QED) is 0.544. The van der Waals surface area contributed by atoms with Gasteiger partial charge in [0.15, 0.2) is 0 Å². The number of hydrogen-bond donors (Lipinski definition) is 1. The SMILES string of the molecule is CC(C)(C)C1C[CH]NCC1. The highest BCUT2D eigenvalue weighted by atomic mass is 14.9. The highest BCUT2D eigenvalue weighted by Gasteiger charge is 2.25. The van der Waals surface area contributed by atoms with Gasteiger partial charge >= 0.3 is 0 Å². The zero-order chi connectivity index (χ0) is 7.61. The maximum atomic E-state index is 3.26. The van der Waals surface area contributed by atoms with E-state index >= 15 is 0 Å². The predicted molar refractivity (Wildman–Crippen MR) is 44.5 cm³/mol. The molecule has 0 aromatic rings. The van der Waals surface area contributed by atoms with E-state index in [0.717, 1.165) is 5.92 Å². The van der Waals surface area contributed by atoms with E-state index in [0.29, 0.717) is 5.41 Å². The minimum atomic E-state index is 0.499. The van der Waals surface area contributed by atoms with E-state index in [1.165, 1.54) is 19.4 Å². The molecule has 1 fully saturated rings. The lowest BCUT2D eigenvalue weighted by Gasteiger charge is -2.33. The molecule has 1 heteroatoms. The predicted octanol–water partition coefficient (Wildman–Crippen LogP) is 2.19. The van der Waals surface area contributed by atoms with Gasteiger partial charge in [-0.15, -0.1) is 0 Å². The van der Waals surface area contributed by atoms with Gasteiger partial charge < -0.3 is 5.32 Å². The van der Waals surface area contributed by atoms with Crippen molar-refractivity contribution in [3.8, 4) is 0 Å². The molecule has 1 aliphatic rings. The van der Waals surface area contributed by atoms with Gasteiger partial charge in [-0.05, 0) is 30.7 Å². The van der Waals surface area contributed by atoms with Crippen molar-refractivity contribution in [1.82, 2.24) is 5.32 Å². The average molecular weight is 140 g/mol. The molecule has 10 heavy (non-hydrogen) atoms. The third-order valence-corrected chi connectivity index (χ3v) is 2.41. The summed E-state index contributed by atoms with van der Waals surface area (Å²) in [5, 5.41) is 3.26. The van der Waals surface area contributed by atoms with Crippen LogP contribution >= 0.6 is 0 Å². The summed E-state index contributed by atoms with van der Waals surface area (Å²) in [6, 6.07) is 0. The molecule has 1 unspecified atom stereocenters. The molecule has 0 aromatic heterocycles. The van der Waals surface area contributed by atoms with Crippen molar-refractivity contribution in [3.05, 3.63) is 6.54 Å². The van der Waals surface area contributed by atoms with Crippen molar-refractivity contribution < 1.29 is 0 Å². The van der Waals surface area contributed by atoms with Gasteiger partial charge in [-0.2, -0.15) is 0 Å². The molecule has 1 aliphatic heterocycles. The van der Waals surface area contributed by atoms with E-state index in [-0.39, 0.29) is 0 Å². The maximum absolute atomic E-state index is 3.26. The first-order valence-corrected chi connectivity index (χ1v) is 4.16. The summed E-state index contributed by atoms with van der Waals surface area (Å²) < 4.78 is 0. The fourth-order valence-electron chi connectivity index (χ4n) is 1.49. The molecule has 1 radical (unpaired) electrons. The van der Waals surface area contributed by atoms with Crippen LogP contribution in [0, 0.1) is 17.9 Å². The lowest BCUT2D eigenvalue weighted by molar-refractivity contribution is 0.203. The number of hydrogen-bond acceptors (Lipinski definition) is 1. The van der Waals surface area contributed by atoms with E-state index < -0.39 is 0 Å². The number of rotatable bonds is 0. The molecule has 1 heterocycles. The molecule has 1 nitrogen and oxygen atoms in total. The van der Waals surface area contributed by atoms with Crippen molar-refractivity contribution in [1.29, 1.82) is 0 Å². The highest BCUT2D eigenvalue weighted by molar-refractivity contribution is 4.83. The number of nitrogens with one attached hydrogen (secondary N) is 1. The lowest BCUT2D eigenvalue weighted by atomic mass is 9.76. The van der Waals surface area contributed by atoms with Crippen molar-refractivity contribution in [3.63, 3.8) is 0 Å². The Morgan fingerprint density at radius 1 is 1.40 bits per heavy atom. The van der Waals surface area contributed by atoms with Crippen LogP contribution in [0.4, 0.5) is 0 Å².